The fourth-order valence-corrected chi connectivity index (χ4v) is 3.48. The fraction of sp³-hybridized carbons (Fsp3) is 0.824. The number of amides is 2. The second kappa shape index (κ2) is 12.2. The van der Waals surface area contributed by atoms with Gasteiger partial charge in [-0.15, -0.1) is 0 Å². The van der Waals surface area contributed by atoms with Crippen LogP contribution in [0.2, 0.25) is 0 Å². The summed E-state index contributed by atoms with van der Waals surface area (Å²) in [5, 5.41) is 0. The van der Waals surface area contributed by atoms with E-state index in [1.54, 1.807) is 0 Å². The molecule has 2 N–H and O–H groups in total. The van der Waals surface area contributed by atoms with Crippen molar-refractivity contribution in [2.45, 2.75) is 70.6 Å². The van der Waals surface area contributed by atoms with Crippen LogP contribution in [0.25, 0.3) is 0 Å². The monoisotopic (exact) mass is 391 g/mol. The predicted octanol–water partition coefficient (Wildman–Crippen LogP) is 2.37. The van der Waals surface area contributed by atoms with Gasteiger partial charge in [-0.3, -0.25) is 23.8 Å². The van der Waals surface area contributed by atoms with Gasteiger partial charge >= 0.3 is 13.6 Å². The third-order valence-corrected chi connectivity index (χ3v) is 5.21. The maximum absolute atomic E-state index is 11.6. The molecule has 0 saturated carbocycles. The van der Waals surface area contributed by atoms with Gasteiger partial charge in [0.25, 0.3) is 0 Å². The number of unbranched alkanes of at least 4 members (excludes halogenated alkanes) is 7. The van der Waals surface area contributed by atoms with Gasteiger partial charge in [0.05, 0.1) is 6.54 Å². The number of nitrogens with zero attached hydrogens (tertiary/aromatic N) is 1. The second-order valence-corrected chi connectivity index (χ2v) is 8.40. The molecule has 8 nitrogen and oxygen atoms in total. The molecule has 0 unspecified atom stereocenters. The molecule has 0 atom stereocenters. The molecule has 1 saturated heterocycles. The molecule has 0 aromatic heterocycles. The van der Waals surface area contributed by atoms with E-state index in [-0.39, 0.29) is 49.9 Å². The molecule has 0 spiro atoms. The van der Waals surface area contributed by atoms with Crippen LogP contribution in [-0.2, 0) is 23.7 Å². The van der Waals surface area contributed by atoms with Crippen molar-refractivity contribution in [1.29, 1.82) is 0 Å². The highest BCUT2D eigenvalue weighted by molar-refractivity contribution is 7.51. The third kappa shape index (κ3) is 10.7. The van der Waals surface area contributed by atoms with Crippen molar-refractivity contribution in [1.82, 2.24) is 4.90 Å². The Morgan fingerprint density at radius 3 is 1.96 bits per heavy atom. The lowest BCUT2D eigenvalue weighted by atomic mass is 10.1. The van der Waals surface area contributed by atoms with E-state index < -0.39 is 7.60 Å². The molecule has 0 aliphatic carbocycles. The zero-order valence-corrected chi connectivity index (χ0v) is 16.1. The van der Waals surface area contributed by atoms with E-state index in [9.17, 15) is 18.9 Å². The molecule has 0 radical (unpaired) electrons. The van der Waals surface area contributed by atoms with E-state index in [4.69, 9.17) is 14.5 Å². The maximum atomic E-state index is 11.6. The normalized spacial score (nSPS) is 14.9. The molecule has 9 heteroatoms. The molecule has 0 bridgehead atoms. The van der Waals surface area contributed by atoms with E-state index in [1.165, 1.54) is 0 Å². The number of imide groups is 1. The van der Waals surface area contributed by atoms with Crippen LogP contribution in [0.3, 0.4) is 0 Å². The number of ether oxygens (including phenoxy) is 1. The van der Waals surface area contributed by atoms with Crippen LogP contribution in [-0.4, -0.2) is 51.8 Å². The van der Waals surface area contributed by atoms with Gasteiger partial charge in [0, 0.05) is 25.4 Å². The van der Waals surface area contributed by atoms with E-state index in [2.05, 4.69) is 0 Å². The Balaban J connectivity index is 1.88. The predicted molar refractivity (Wildman–Crippen MR) is 95.4 cm³/mol. The van der Waals surface area contributed by atoms with Crippen molar-refractivity contribution < 1.29 is 33.5 Å². The highest BCUT2D eigenvalue weighted by Crippen LogP contribution is 2.35. The average molecular weight is 391 g/mol. The van der Waals surface area contributed by atoms with Crippen LogP contribution >= 0.6 is 7.60 Å². The molecular formula is C17H30NO7P. The first-order valence-corrected chi connectivity index (χ1v) is 11.1. The Morgan fingerprint density at radius 1 is 0.923 bits per heavy atom. The van der Waals surface area contributed by atoms with E-state index in [1.807, 2.05) is 0 Å². The molecule has 0 aromatic carbocycles. The lowest BCUT2D eigenvalue weighted by Gasteiger charge is -2.13. The van der Waals surface area contributed by atoms with Gasteiger partial charge in [-0.05, 0) is 12.8 Å². The third-order valence-electron chi connectivity index (χ3n) is 4.31. The van der Waals surface area contributed by atoms with Gasteiger partial charge in [-0.2, -0.15) is 0 Å². The number of rotatable bonds is 14. The average Bonchev–Trinajstić information content (AvgIpc) is 2.87. The molecule has 1 aliphatic rings. The number of esters is 1. The molecule has 1 heterocycles. The van der Waals surface area contributed by atoms with E-state index in [0.717, 1.165) is 49.8 Å². The van der Waals surface area contributed by atoms with Gasteiger partial charge < -0.3 is 14.5 Å². The zero-order valence-electron chi connectivity index (χ0n) is 15.2. The van der Waals surface area contributed by atoms with Crippen LogP contribution < -0.4 is 0 Å². The summed E-state index contributed by atoms with van der Waals surface area (Å²) in [6, 6.07) is 0. The number of hydrogen-bond acceptors (Lipinski definition) is 5. The van der Waals surface area contributed by atoms with Gasteiger partial charge in [-0.25, -0.2) is 0 Å². The van der Waals surface area contributed by atoms with Gasteiger partial charge in [0.15, 0.2) is 0 Å². The zero-order chi connectivity index (χ0) is 19.4. The molecule has 2 amide bonds. The van der Waals surface area contributed by atoms with Crippen LogP contribution in [0.4, 0.5) is 0 Å². The van der Waals surface area contributed by atoms with Crippen LogP contribution in [0.5, 0.6) is 0 Å². The molecule has 1 rings (SSSR count). The SMILES string of the molecule is O=C(CCCCCCCCCCP(=O)(O)O)OCCN1C(=O)CCC1=O. The summed E-state index contributed by atoms with van der Waals surface area (Å²) >= 11 is 0. The van der Waals surface area contributed by atoms with Crippen LogP contribution in [0, 0.1) is 0 Å². The summed E-state index contributed by atoms with van der Waals surface area (Å²) in [7, 11) is -3.85. The minimum absolute atomic E-state index is 0.0325. The first-order valence-electron chi connectivity index (χ1n) is 9.33. The molecule has 0 aromatic rings. The van der Waals surface area contributed by atoms with Gasteiger partial charge in [0.1, 0.15) is 6.61 Å². The molecule has 150 valence electrons. The Morgan fingerprint density at radius 2 is 1.42 bits per heavy atom. The molecule has 1 aliphatic heterocycles. The number of likely N-dealkylation sites (tertiary alicyclic amines) is 1. The Bertz CT molecular complexity index is 501. The van der Waals surface area contributed by atoms with E-state index in [0.29, 0.717) is 12.8 Å². The van der Waals surface area contributed by atoms with Crippen molar-refractivity contribution >= 4 is 25.4 Å². The number of hydrogen-bond donors (Lipinski definition) is 2. The molecule has 1 fully saturated rings. The van der Waals surface area contributed by atoms with Crippen molar-refractivity contribution in [2.24, 2.45) is 0 Å². The molecular weight excluding hydrogens is 361 g/mol. The Hall–Kier alpha value is -1.24. The highest BCUT2D eigenvalue weighted by atomic mass is 31.2. The maximum Gasteiger partial charge on any atom is 0.325 e. The topological polar surface area (TPSA) is 121 Å². The molecule has 26 heavy (non-hydrogen) atoms. The summed E-state index contributed by atoms with van der Waals surface area (Å²) in [6.07, 6.45) is 7.93. The fourth-order valence-electron chi connectivity index (χ4n) is 2.84. The quantitative estimate of drug-likeness (QED) is 0.202. The van der Waals surface area contributed by atoms with Gasteiger partial charge in [-0.1, -0.05) is 38.5 Å². The van der Waals surface area contributed by atoms with Crippen molar-refractivity contribution in [2.75, 3.05) is 19.3 Å². The summed E-state index contributed by atoms with van der Waals surface area (Å²) in [6.45, 7) is 0.205. The minimum atomic E-state index is -3.85. The smallest absolute Gasteiger partial charge is 0.325 e. The highest BCUT2D eigenvalue weighted by Gasteiger charge is 2.28. The minimum Gasteiger partial charge on any atom is -0.464 e. The van der Waals surface area contributed by atoms with Crippen molar-refractivity contribution in [3.8, 4) is 0 Å². The number of carbonyl (C=O) groups is 3. The summed E-state index contributed by atoms with van der Waals surface area (Å²) < 4.78 is 15.7. The lowest BCUT2D eigenvalue weighted by molar-refractivity contribution is -0.148. The number of carbonyl (C=O) groups excluding carboxylic acids is 3. The van der Waals surface area contributed by atoms with Crippen molar-refractivity contribution in [3.63, 3.8) is 0 Å². The Kier molecular flexibility index (Phi) is 10.7. The second-order valence-electron chi connectivity index (χ2n) is 6.63. The van der Waals surface area contributed by atoms with Crippen LogP contribution in [0.1, 0.15) is 70.6 Å². The summed E-state index contributed by atoms with van der Waals surface area (Å²) in [5.41, 5.74) is 0. The Labute approximate surface area is 154 Å². The standard InChI is InChI=1S/C17H30NO7P/c19-15-10-11-16(20)18(15)12-13-25-17(21)9-7-5-3-1-2-4-6-8-14-26(22,23)24/h1-14H2,(H2,22,23,24). The van der Waals surface area contributed by atoms with Gasteiger partial charge in [0.2, 0.25) is 11.8 Å². The van der Waals surface area contributed by atoms with E-state index >= 15 is 0 Å². The summed E-state index contributed by atoms with van der Waals surface area (Å²) in [5.74, 6) is -0.706. The lowest BCUT2D eigenvalue weighted by Crippen LogP contribution is -2.32. The van der Waals surface area contributed by atoms with Crippen LogP contribution in [0.15, 0.2) is 0 Å². The first kappa shape index (κ1) is 22.8. The largest absolute Gasteiger partial charge is 0.464 e. The van der Waals surface area contributed by atoms with Crippen molar-refractivity contribution in [3.05, 3.63) is 0 Å². The first-order chi connectivity index (χ1) is 12.3. The summed E-state index contributed by atoms with van der Waals surface area (Å²) in [4.78, 5) is 53.0.